The summed E-state index contributed by atoms with van der Waals surface area (Å²) in [5, 5.41) is 17.9. The van der Waals surface area contributed by atoms with Gasteiger partial charge in [-0.15, -0.1) is 12.4 Å². The van der Waals surface area contributed by atoms with Gasteiger partial charge in [0.2, 0.25) is 0 Å². The maximum absolute atomic E-state index is 13.1. The molecule has 4 N–H and O–H groups in total. The fourth-order valence-corrected chi connectivity index (χ4v) is 1.20. The molecule has 0 radical (unpaired) electrons. The summed E-state index contributed by atoms with van der Waals surface area (Å²) in [6, 6.07) is -0.630. The van der Waals surface area contributed by atoms with Crippen LogP contribution in [0.1, 0.15) is 22.0 Å². The Morgan fingerprint density at radius 3 is 2.29 bits per heavy atom. The predicted molar refractivity (Wildman–Crippen MR) is 55.2 cm³/mol. The van der Waals surface area contributed by atoms with E-state index in [1.807, 2.05) is 0 Å². The molecule has 1 aromatic carbocycles. The Bertz CT molecular complexity index is 428. The molecule has 0 aliphatic heterocycles. The van der Waals surface area contributed by atoms with Crippen molar-refractivity contribution in [1.29, 1.82) is 0 Å². The van der Waals surface area contributed by atoms with Crippen LogP contribution in [0.5, 0.6) is 5.75 Å². The van der Waals surface area contributed by atoms with Crippen LogP contribution in [0.25, 0.3) is 0 Å². The number of rotatable bonds is 3. The molecular weight excluding hydrogens is 263 g/mol. The number of benzene rings is 1. The van der Waals surface area contributed by atoms with E-state index < -0.39 is 41.1 Å². The Hall–Kier alpha value is -1.47. The normalized spacial score (nSPS) is 12.1. The van der Waals surface area contributed by atoms with Crippen LogP contribution in [0.2, 0.25) is 0 Å². The van der Waals surface area contributed by atoms with E-state index in [9.17, 15) is 23.1 Å². The van der Waals surface area contributed by atoms with Gasteiger partial charge in [0.25, 0.3) is 6.43 Å². The van der Waals surface area contributed by atoms with Crippen molar-refractivity contribution in [2.24, 2.45) is 5.73 Å². The quantitative estimate of drug-likeness (QED) is 0.784. The van der Waals surface area contributed by atoms with Gasteiger partial charge in [-0.1, -0.05) is 0 Å². The van der Waals surface area contributed by atoms with Crippen molar-refractivity contribution in [3.05, 3.63) is 29.1 Å². The Morgan fingerprint density at radius 2 is 1.88 bits per heavy atom. The highest BCUT2D eigenvalue weighted by Crippen LogP contribution is 2.32. The lowest BCUT2D eigenvalue weighted by atomic mass is 10.0. The van der Waals surface area contributed by atoms with Crippen LogP contribution in [0.15, 0.2) is 12.1 Å². The number of phenols is 1. The van der Waals surface area contributed by atoms with Gasteiger partial charge in [0.1, 0.15) is 17.1 Å². The molecule has 1 atom stereocenters. The predicted octanol–water partition coefficient (Wildman–Crippen LogP) is 1.92. The third-order valence-electron chi connectivity index (χ3n) is 2.00. The van der Waals surface area contributed by atoms with Crippen molar-refractivity contribution in [3.8, 4) is 5.75 Å². The maximum atomic E-state index is 13.1. The minimum Gasteiger partial charge on any atom is -0.507 e. The number of carboxylic acid groups (broad SMARTS) is 1. The first-order chi connectivity index (χ1) is 7.36. The van der Waals surface area contributed by atoms with Gasteiger partial charge >= 0.3 is 5.97 Å². The van der Waals surface area contributed by atoms with Gasteiger partial charge in [0, 0.05) is 0 Å². The summed E-state index contributed by atoms with van der Waals surface area (Å²) < 4.78 is 37.7. The van der Waals surface area contributed by atoms with E-state index in [0.717, 1.165) is 6.07 Å². The Morgan fingerprint density at radius 1 is 1.35 bits per heavy atom. The fraction of sp³-hybridized carbons (Fsp3) is 0.222. The Balaban J connectivity index is 0.00000256. The van der Waals surface area contributed by atoms with Crippen molar-refractivity contribution in [1.82, 2.24) is 0 Å². The van der Waals surface area contributed by atoms with E-state index in [1.165, 1.54) is 0 Å². The third-order valence-corrected chi connectivity index (χ3v) is 2.00. The summed E-state index contributed by atoms with van der Waals surface area (Å²) in [6.45, 7) is 0. The van der Waals surface area contributed by atoms with E-state index in [1.54, 1.807) is 0 Å². The molecule has 96 valence electrons. The molecule has 0 saturated carbocycles. The zero-order chi connectivity index (χ0) is 12.5. The second-order valence-corrected chi connectivity index (χ2v) is 3.02. The SMILES string of the molecule is Cl.N[C@H](c1c(F)ccc(C(=O)O)c1O)C(F)F. The number of carbonyl (C=O) groups is 1. The molecular formula is C9H9ClF3NO3. The summed E-state index contributed by atoms with van der Waals surface area (Å²) in [5.74, 6) is -3.80. The van der Waals surface area contributed by atoms with Crippen molar-refractivity contribution >= 4 is 18.4 Å². The number of hydrogen-bond acceptors (Lipinski definition) is 3. The molecule has 0 amide bonds. The number of aromatic carboxylic acids is 1. The zero-order valence-corrected chi connectivity index (χ0v) is 9.05. The van der Waals surface area contributed by atoms with Gasteiger partial charge in [-0.3, -0.25) is 0 Å². The molecule has 0 fully saturated rings. The van der Waals surface area contributed by atoms with Gasteiger partial charge in [0.05, 0.1) is 11.6 Å². The summed E-state index contributed by atoms with van der Waals surface area (Å²) in [6.07, 6.45) is -3.11. The number of aromatic hydroxyl groups is 1. The number of halogens is 4. The molecule has 8 heteroatoms. The average molecular weight is 272 g/mol. The molecule has 0 heterocycles. The summed E-state index contributed by atoms with van der Waals surface area (Å²) >= 11 is 0. The number of carboxylic acids is 1. The molecule has 1 aromatic rings. The third kappa shape index (κ3) is 3.01. The van der Waals surface area contributed by atoms with E-state index in [4.69, 9.17) is 10.8 Å². The van der Waals surface area contributed by atoms with Crippen molar-refractivity contribution in [2.75, 3.05) is 0 Å². The second-order valence-electron chi connectivity index (χ2n) is 3.02. The molecule has 4 nitrogen and oxygen atoms in total. The first-order valence-corrected chi connectivity index (χ1v) is 4.14. The van der Waals surface area contributed by atoms with E-state index in [-0.39, 0.29) is 12.4 Å². The minimum atomic E-state index is -3.11. The summed E-state index contributed by atoms with van der Waals surface area (Å²) in [7, 11) is 0. The lowest BCUT2D eigenvalue weighted by Gasteiger charge is -2.14. The van der Waals surface area contributed by atoms with Gasteiger partial charge in [0.15, 0.2) is 0 Å². The molecule has 17 heavy (non-hydrogen) atoms. The van der Waals surface area contributed by atoms with Crippen LogP contribution in [0.4, 0.5) is 13.2 Å². The lowest BCUT2D eigenvalue weighted by molar-refractivity contribution is 0.0691. The Labute approximate surface area is 100 Å². The molecule has 0 unspecified atom stereocenters. The number of hydrogen-bond donors (Lipinski definition) is 3. The maximum Gasteiger partial charge on any atom is 0.339 e. The van der Waals surface area contributed by atoms with Gasteiger partial charge in [-0.05, 0) is 12.1 Å². The molecule has 0 saturated heterocycles. The molecule has 1 rings (SSSR count). The molecule has 0 spiro atoms. The van der Waals surface area contributed by atoms with Crippen molar-refractivity contribution < 1.29 is 28.2 Å². The van der Waals surface area contributed by atoms with Crippen molar-refractivity contribution in [3.63, 3.8) is 0 Å². The van der Waals surface area contributed by atoms with Crippen LogP contribution in [-0.2, 0) is 0 Å². The molecule has 0 aliphatic carbocycles. The van der Waals surface area contributed by atoms with E-state index in [0.29, 0.717) is 6.07 Å². The van der Waals surface area contributed by atoms with Gasteiger partial charge in [-0.25, -0.2) is 18.0 Å². The second kappa shape index (κ2) is 5.74. The topological polar surface area (TPSA) is 83.6 Å². The first-order valence-electron chi connectivity index (χ1n) is 4.14. The largest absolute Gasteiger partial charge is 0.507 e. The monoisotopic (exact) mass is 271 g/mol. The standard InChI is InChI=1S/C9H8F3NO3.ClH/c10-4-2-1-3(9(15)16)7(14)5(4)6(13)8(11)12;/h1-2,6,8,14H,13H2,(H,15,16);1H/t6-;/m1./s1. The molecule has 0 aliphatic rings. The van der Waals surface area contributed by atoms with Gasteiger partial charge < -0.3 is 15.9 Å². The highest BCUT2D eigenvalue weighted by atomic mass is 35.5. The number of nitrogens with two attached hydrogens (primary N) is 1. The highest BCUT2D eigenvalue weighted by molar-refractivity contribution is 5.91. The van der Waals surface area contributed by atoms with Crippen molar-refractivity contribution in [2.45, 2.75) is 12.5 Å². The minimum absolute atomic E-state index is 0. The molecule has 0 aromatic heterocycles. The van der Waals surface area contributed by atoms with E-state index >= 15 is 0 Å². The highest BCUT2D eigenvalue weighted by Gasteiger charge is 2.27. The van der Waals surface area contributed by atoms with E-state index in [2.05, 4.69) is 0 Å². The lowest BCUT2D eigenvalue weighted by Crippen LogP contribution is -2.21. The van der Waals surface area contributed by atoms with Crippen LogP contribution < -0.4 is 5.73 Å². The first kappa shape index (κ1) is 15.5. The van der Waals surface area contributed by atoms with Crippen LogP contribution in [0, 0.1) is 5.82 Å². The zero-order valence-electron chi connectivity index (χ0n) is 8.23. The summed E-state index contributed by atoms with van der Waals surface area (Å²) in [5.41, 5.74) is 3.40. The smallest absolute Gasteiger partial charge is 0.339 e. The fourth-order valence-electron chi connectivity index (χ4n) is 1.20. The van der Waals surface area contributed by atoms with Crippen LogP contribution in [0.3, 0.4) is 0 Å². The number of alkyl halides is 2. The molecule has 0 bridgehead atoms. The van der Waals surface area contributed by atoms with Gasteiger partial charge in [-0.2, -0.15) is 0 Å². The van der Waals surface area contributed by atoms with Crippen LogP contribution in [-0.4, -0.2) is 22.6 Å². The average Bonchev–Trinajstić information content (AvgIpc) is 2.16. The van der Waals surface area contributed by atoms with Crippen LogP contribution >= 0.6 is 12.4 Å². The summed E-state index contributed by atoms with van der Waals surface area (Å²) in [4.78, 5) is 10.6. The Kier molecular flexibility index (Phi) is 5.24.